The van der Waals surface area contributed by atoms with Gasteiger partial charge in [0, 0.05) is 37.0 Å². The van der Waals surface area contributed by atoms with Gasteiger partial charge in [0.1, 0.15) is 6.61 Å². The molecular formula is C21H31N3O4. The van der Waals surface area contributed by atoms with Gasteiger partial charge in [0.05, 0.1) is 13.2 Å². The highest BCUT2D eigenvalue weighted by Gasteiger charge is 2.32. The van der Waals surface area contributed by atoms with E-state index in [0.717, 1.165) is 62.0 Å². The van der Waals surface area contributed by atoms with Crippen LogP contribution >= 0.6 is 0 Å². The molecule has 0 unspecified atom stereocenters. The van der Waals surface area contributed by atoms with Crippen LogP contribution in [0.4, 0.5) is 11.4 Å². The number of hydrogen-bond donors (Lipinski definition) is 2. The van der Waals surface area contributed by atoms with Crippen molar-refractivity contribution in [3.63, 3.8) is 0 Å². The molecule has 0 radical (unpaired) electrons. The smallest absolute Gasteiger partial charge is 0.246 e. The number of fused-ring (bicyclic) bond motifs is 1. The Balaban J connectivity index is 1.49. The quantitative estimate of drug-likeness (QED) is 0.549. The number of ether oxygens (including phenoxy) is 2. The molecule has 1 aliphatic carbocycles. The van der Waals surface area contributed by atoms with Crippen LogP contribution in [-0.2, 0) is 25.5 Å². The molecular weight excluding hydrogens is 358 g/mol. The van der Waals surface area contributed by atoms with E-state index in [2.05, 4.69) is 5.32 Å². The molecule has 0 saturated heterocycles. The van der Waals surface area contributed by atoms with Crippen molar-refractivity contribution in [3.05, 3.63) is 23.8 Å². The van der Waals surface area contributed by atoms with E-state index in [9.17, 15) is 9.59 Å². The molecule has 7 heteroatoms. The SMILES string of the molecule is COCCOCC(=O)NC1CCC(C(=O)N2CCCc3c(N)cccc32)CC1. The van der Waals surface area contributed by atoms with Gasteiger partial charge in [-0.2, -0.15) is 0 Å². The van der Waals surface area contributed by atoms with Gasteiger partial charge in [-0.1, -0.05) is 6.07 Å². The van der Waals surface area contributed by atoms with Gasteiger partial charge < -0.3 is 25.4 Å². The van der Waals surface area contributed by atoms with Crippen LogP contribution in [0.15, 0.2) is 18.2 Å². The van der Waals surface area contributed by atoms with Gasteiger partial charge in [0.2, 0.25) is 11.8 Å². The normalized spacial score (nSPS) is 21.8. The van der Waals surface area contributed by atoms with Gasteiger partial charge in [-0.3, -0.25) is 9.59 Å². The Labute approximate surface area is 166 Å². The minimum atomic E-state index is -0.105. The maximum Gasteiger partial charge on any atom is 0.246 e. The minimum Gasteiger partial charge on any atom is -0.398 e. The molecule has 2 amide bonds. The number of anilines is 2. The van der Waals surface area contributed by atoms with Crippen LogP contribution in [0.25, 0.3) is 0 Å². The van der Waals surface area contributed by atoms with E-state index in [1.54, 1.807) is 7.11 Å². The van der Waals surface area contributed by atoms with Crippen molar-refractivity contribution in [2.45, 2.75) is 44.6 Å². The van der Waals surface area contributed by atoms with Crippen molar-refractivity contribution in [2.75, 3.05) is 44.1 Å². The van der Waals surface area contributed by atoms with Crippen molar-refractivity contribution in [1.82, 2.24) is 5.32 Å². The van der Waals surface area contributed by atoms with Gasteiger partial charge in [-0.05, 0) is 56.2 Å². The molecule has 1 saturated carbocycles. The first kappa shape index (κ1) is 20.6. The third-order valence-electron chi connectivity index (χ3n) is 5.66. The van der Waals surface area contributed by atoms with Crippen molar-refractivity contribution in [1.29, 1.82) is 0 Å². The molecule has 0 bridgehead atoms. The zero-order chi connectivity index (χ0) is 19.9. The zero-order valence-electron chi connectivity index (χ0n) is 16.6. The molecule has 1 aromatic carbocycles. The average Bonchev–Trinajstić information content (AvgIpc) is 2.71. The van der Waals surface area contributed by atoms with E-state index in [4.69, 9.17) is 15.2 Å². The summed E-state index contributed by atoms with van der Waals surface area (Å²) in [4.78, 5) is 27.0. The van der Waals surface area contributed by atoms with Gasteiger partial charge in [0.15, 0.2) is 0 Å². The Hall–Kier alpha value is -2.12. The van der Waals surface area contributed by atoms with E-state index < -0.39 is 0 Å². The summed E-state index contributed by atoms with van der Waals surface area (Å²) in [5.74, 6) is 0.101. The Morgan fingerprint density at radius 2 is 2.00 bits per heavy atom. The van der Waals surface area contributed by atoms with Crippen LogP contribution in [0, 0.1) is 5.92 Å². The predicted molar refractivity (Wildman–Crippen MR) is 108 cm³/mol. The van der Waals surface area contributed by atoms with Crippen LogP contribution in [0.3, 0.4) is 0 Å². The Morgan fingerprint density at radius 3 is 2.75 bits per heavy atom. The van der Waals surface area contributed by atoms with Crippen molar-refractivity contribution in [2.24, 2.45) is 5.92 Å². The molecule has 0 aromatic heterocycles. The van der Waals surface area contributed by atoms with Crippen LogP contribution in [0.2, 0.25) is 0 Å². The number of carbonyl (C=O) groups excluding carboxylic acids is 2. The standard InChI is InChI=1S/C21H31N3O4/c1-27-12-13-28-14-20(25)23-16-9-7-15(8-10-16)21(26)24-11-3-4-17-18(22)5-2-6-19(17)24/h2,5-6,15-16H,3-4,7-14,22H2,1H3,(H,23,25). The monoisotopic (exact) mass is 389 g/mol. The summed E-state index contributed by atoms with van der Waals surface area (Å²) in [6, 6.07) is 5.94. The molecule has 1 heterocycles. The lowest BCUT2D eigenvalue weighted by atomic mass is 9.84. The van der Waals surface area contributed by atoms with E-state index in [-0.39, 0.29) is 30.4 Å². The first-order valence-corrected chi connectivity index (χ1v) is 10.1. The summed E-state index contributed by atoms with van der Waals surface area (Å²) < 4.78 is 10.1. The number of carbonyl (C=O) groups is 2. The van der Waals surface area contributed by atoms with Gasteiger partial charge in [-0.25, -0.2) is 0 Å². The summed E-state index contributed by atoms with van der Waals surface area (Å²) in [6.07, 6.45) is 5.10. The Kier molecular flexibility index (Phi) is 7.28. The number of amides is 2. The topological polar surface area (TPSA) is 93.9 Å². The van der Waals surface area contributed by atoms with E-state index >= 15 is 0 Å². The lowest BCUT2D eigenvalue weighted by molar-refractivity contribution is -0.127. The lowest BCUT2D eigenvalue weighted by Crippen LogP contribution is -2.44. The molecule has 154 valence electrons. The largest absolute Gasteiger partial charge is 0.398 e. The summed E-state index contributed by atoms with van der Waals surface area (Å²) in [5, 5.41) is 3.01. The molecule has 3 rings (SSSR count). The third kappa shape index (κ3) is 5.02. The molecule has 3 N–H and O–H groups in total. The van der Waals surface area contributed by atoms with E-state index in [1.807, 2.05) is 23.1 Å². The number of hydrogen-bond acceptors (Lipinski definition) is 5. The summed E-state index contributed by atoms with van der Waals surface area (Å²) in [6.45, 7) is 1.69. The highest BCUT2D eigenvalue weighted by Crippen LogP contribution is 2.34. The molecule has 0 spiro atoms. The molecule has 1 aromatic rings. The zero-order valence-corrected chi connectivity index (χ0v) is 16.6. The highest BCUT2D eigenvalue weighted by molar-refractivity contribution is 5.97. The number of nitrogens with two attached hydrogens (primary N) is 1. The second-order valence-corrected chi connectivity index (χ2v) is 7.60. The second-order valence-electron chi connectivity index (χ2n) is 7.60. The predicted octanol–water partition coefficient (Wildman–Crippen LogP) is 1.89. The number of nitrogens with one attached hydrogen (secondary N) is 1. The molecule has 28 heavy (non-hydrogen) atoms. The lowest BCUT2D eigenvalue weighted by Gasteiger charge is -2.35. The van der Waals surface area contributed by atoms with Crippen molar-refractivity contribution in [3.8, 4) is 0 Å². The fourth-order valence-electron chi connectivity index (χ4n) is 4.16. The number of nitrogen functional groups attached to an aromatic ring is 1. The van der Waals surface area contributed by atoms with Gasteiger partial charge in [0.25, 0.3) is 0 Å². The fraction of sp³-hybridized carbons (Fsp3) is 0.619. The summed E-state index contributed by atoms with van der Waals surface area (Å²) >= 11 is 0. The number of nitrogens with zero attached hydrogens (tertiary/aromatic N) is 1. The summed E-state index contributed by atoms with van der Waals surface area (Å²) in [7, 11) is 1.60. The Bertz CT molecular complexity index is 686. The van der Waals surface area contributed by atoms with Crippen LogP contribution in [-0.4, -0.2) is 51.3 Å². The number of rotatable bonds is 7. The first-order valence-electron chi connectivity index (χ1n) is 10.1. The fourth-order valence-corrected chi connectivity index (χ4v) is 4.16. The van der Waals surface area contributed by atoms with Crippen molar-refractivity contribution < 1.29 is 19.1 Å². The van der Waals surface area contributed by atoms with Gasteiger partial charge >= 0.3 is 0 Å². The average molecular weight is 389 g/mol. The van der Waals surface area contributed by atoms with Crippen LogP contribution < -0.4 is 16.0 Å². The van der Waals surface area contributed by atoms with E-state index in [1.165, 1.54) is 0 Å². The first-order chi connectivity index (χ1) is 13.6. The number of methoxy groups -OCH3 is 1. The molecule has 0 atom stereocenters. The maximum atomic E-state index is 13.1. The molecule has 1 aliphatic heterocycles. The van der Waals surface area contributed by atoms with Crippen LogP contribution in [0.5, 0.6) is 0 Å². The molecule has 2 aliphatic rings. The third-order valence-corrected chi connectivity index (χ3v) is 5.66. The summed E-state index contributed by atoms with van der Waals surface area (Å²) in [5.41, 5.74) is 8.94. The number of benzene rings is 1. The highest BCUT2D eigenvalue weighted by atomic mass is 16.5. The van der Waals surface area contributed by atoms with Gasteiger partial charge in [-0.15, -0.1) is 0 Å². The van der Waals surface area contributed by atoms with E-state index in [0.29, 0.717) is 13.2 Å². The molecule has 7 nitrogen and oxygen atoms in total. The minimum absolute atomic E-state index is 0.0125. The van der Waals surface area contributed by atoms with Crippen LogP contribution in [0.1, 0.15) is 37.7 Å². The Morgan fingerprint density at radius 1 is 1.21 bits per heavy atom. The maximum absolute atomic E-state index is 13.1. The second kappa shape index (κ2) is 9.89. The molecule has 1 fully saturated rings. The van der Waals surface area contributed by atoms with Crippen molar-refractivity contribution >= 4 is 23.2 Å².